The largest absolute Gasteiger partial charge is 0.359 e. The molecule has 3 nitrogen and oxygen atoms in total. The summed E-state index contributed by atoms with van der Waals surface area (Å²) < 4.78 is 0. The van der Waals surface area contributed by atoms with Gasteiger partial charge < -0.3 is 10.6 Å². The maximum Gasteiger partial charge on any atom is 0.221 e. The van der Waals surface area contributed by atoms with E-state index in [9.17, 15) is 4.79 Å². The van der Waals surface area contributed by atoms with E-state index in [2.05, 4.69) is 27.5 Å². The molecule has 0 radical (unpaired) electrons. The fourth-order valence-corrected chi connectivity index (χ4v) is 1.62. The van der Waals surface area contributed by atoms with Crippen LogP contribution < -0.4 is 10.6 Å². The second-order valence-corrected chi connectivity index (χ2v) is 3.51. The fourth-order valence-electron chi connectivity index (χ4n) is 0.953. The van der Waals surface area contributed by atoms with Gasteiger partial charge >= 0.3 is 0 Å². The molecular weight excluding hydrogens is 184 g/mol. The van der Waals surface area contributed by atoms with Crippen LogP contribution in [0.15, 0.2) is 16.8 Å². The van der Waals surface area contributed by atoms with E-state index in [1.54, 1.807) is 18.4 Å². The molecular formula is C9H14N2OS. The molecule has 0 spiro atoms. The minimum absolute atomic E-state index is 0.0813. The van der Waals surface area contributed by atoms with E-state index >= 15 is 0 Å². The van der Waals surface area contributed by atoms with Crippen LogP contribution >= 0.6 is 11.3 Å². The lowest BCUT2D eigenvalue weighted by Crippen LogP contribution is -2.24. The molecule has 0 saturated heterocycles. The molecule has 1 amide bonds. The first kappa shape index (κ1) is 10.2. The third kappa shape index (κ3) is 4.05. The van der Waals surface area contributed by atoms with Crippen molar-refractivity contribution in [2.45, 2.75) is 13.0 Å². The number of hydrogen-bond acceptors (Lipinski definition) is 3. The molecule has 0 atom stereocenters. The first-order valence-corrected chi connectivity index (χ1v) is 5.19. The van der Waals surface area contributed by atoms with Gasteiger partial charge in [0.1, 0.15) is 0 Å². The molecule has 0 aromatic carbocycles. The second kappa shape index (κ2) is 5.72. The van der Waals surface area contributed by atoms with Gasteiger partial charge in [0.05, 0.1) is 0 Å². The molecule has 1 aromatic rings. The third-order valence-corrected chi connectivity index (χ3v) is 2.45. The quantitative estimate of drug-likeness (QED) is 0.692. The summed E-state index contributed by atoms with van der Waals surface area (Å²) >= 11 is 1.69. The molecule has 1 aromatic heterocycles. The molecule has 0 aliphatic heterocycles. The SMILES string of the molecule is CNC(=O)CCNCc1ccsc1. The van der Waals surface area contributed by atoms with Gasteiger partial charge in [0, 0.05) is 26.6 Å². The van der Waals surface area contributed by atoms with Gasteiger partial charge in [0.25, 0.3) is 0 Å². The van der Waals surface area contributed by atoms with E-state index < -0.39 is 0 Å². The van der Waals surface area contributed by atoms with Gasteiger partial charge in [-0.2, -0.15) is 11.3 Å². The Bertz CT molecular complexity index is 246. The molecule has 13 heavy (non-hydrogen) atoms. The van der Waals surface area contributed by atoms with Gasteiger partial charge in [-0.15, -0.1) is 0 Å². The Labute approximate surface area is 82.2 Å². The van der Waals surface area contributed by atoms with Crippen molar-refractivity contribution in [3.05, 3.63) is 22.4 Å². The minimum atomic E-state index is 0.0813. The summed E-state index contributed by atoms with van der Waals surface area (Å²) in [7, 11) is 1.65. The van der Waals surface area contributed by atoms with E-state index in [1.807, 2.05) is 0 Å². The molecule has 2 N–H and O–H groups in total. The van der Waals surface area contributed by atoms with Crippen LogP contribution in [0.4, 0.5) is 0 Å². The van der Waals surface area contributed by atoms with Crippen LogP contribution in [0, 0.1) is 0 Å². The van der Waals surface area contributed by atoms with Gasteiger partial charge in [0.2, 0.25) is 5.91 Å². The molecule has 1 rings (SSSR count). The van der Waals surface area contributed by atoms with Crippen LogP contribution in [0.25, 0.3) is 0 Å². The molecule has 0 unspecified atom stereocenters. The number of carbonyl (C=O) groups excluding carboxylic acids is 1. The summed E-state index contributed by atoms with van der Waals surface area (Å²) in [6, 6.07) is 2.08. The lowest BCUT2D eigenvalue weighted by molar-refractivity contribution is -0.120. The Morgan fingerprint density at radius 2 is 2.46 bits per heavy atom. The lowest BCUT2D eigenvalue weighted by Gasteiger charge is -2.01. The first-order valence-electron chi connectivity index (χ1n) is 4.25. The highest BCUT2D eigenvalue weighted by Gasteiger charge is 1.96. The Balaban J connectivity index is 2.05. The Hall–Kier alpha value is -0.870. The summed E-state index contributed by atoms with van der Waals surface area (Å²) in [6.07, 6.45) is 0.542. The predicted molar refractivity (Wildman–Crippen MR) is 54.7 cm³/mol. The number of thiophene rings is 1. The highest BCUT2D eigenvalue weighted by molar-refractivity contribution is 7.07. The molecule has 0 bridgehead atoms. The topological polar surface area (TPSA) is 41.1 Å². The first-order chi connectivity index (χ1) is 6.33. The number of nitrogens with one attached hydrogen (secondary N) is 2. The Morgan fingerprint density at radius 3 is 3.08 bits per heavy atom. The monoisotopic (exact) mass is 198 g/mol. The van der Waals surface area contributed by atoms with Crippen molar-refractivity contribution in [3.8, 4) is 0 Å². The predicted octanol–water partition coefficient (Wildman–Crippen LogP) is 0.974. The number of amides is 1. The number of hydrogen-bond donors (Lipinski definition) is 2. The maximum absolute atomic E-state index is 10.8. The van der Waals surface area contributed by atoms with Crippen molar-refractivity contribution >= 4 is 17.2 Å². The van der Waals surface area contributed by atoms with Gasteiger partial charge in [-0.3, -0.25) is 4.79 Å². The van der Waals surface area contributed by atoms with Crippen molar-refractivity contribution in [3.63, 3.8) is 0 Å². The Kier molecular flexibility index (Phi) is 4.49. The van der Waals surface area contributed by atoms with Crippen molar-refractivity contribution in [2.24, 2.45) is 0 Å². The van der Waals surface area contributed by atoms with Crippen LogP contribution in [0.3, 0.4) is 0 Å². The molecule has 0 saturated carbocycles. The van der Waals surface area contributed by atoms with Crippen molar-refractivity contribution < 1.29 is 4.79 Å². The van der Waals surface area contributed by atoms with Gasteiger partial charge in [0.15, 0.2) is 0 Å². The molecule has 0 fully saturated rings. The molecule has 4 heteroatoms. The average molecular weight is 198 g/mol. The van der Waals surface area contributed by atoms with Crippen LogP contribution in [-0.2, 0) is 11.3 Å². The molecule has 72 valence electrons. The van der Waals surface area contributed by atoms with Crippen LogP contribution in [0.2, 0.25) is 0 Å². The summed E-state index contributed by atoms with van der Waals surface area (Å²) in [6.45, 7) is 1.58. The molecule has 0 aliphatic rings. The highest BCUT2D eigenvalue weighted by atomic mass is 32.1. The zero-order chi connectivity index (χ0) is 9.52. The normalized spacial score (nSPS) is 9.92. The second-order valence-electron chi connectivity index (χ2n) is 2.73. The zero-order valence-corrected chi connectivity index (χ0v) is 8.49. The number of rotatable bonds is 5. The number of carbonyl (C=O) groups is 1. The third-order valence-electron chi connectivity index (χ3n) is 1.72. The summed E-state index contributed by atoms with van der Waals surface area (Å²) in [5, 5.41) is 9.94. The molecule has 1 heterocycles. The van der Waals surface area contributed by atoms with Crippen molar-refractivity contribution in [1.82, 2.24) is 10.6 Å². The van der Waals surface area contributed by atoms with E-state index in [-0.39, 0.29) is 5.91 Å². The summed E-state index contributed by atoms with van der Waals surface area (Å²) in [5.41, 5.74) is 1.28. The smallest absolute Gasteiger partial charge is 0.221 e. The summed E-state index contributed by atoms with van der Waals surface area (Å²) in [5.74, 6) is 0.0813. The minimum Gasteiger partial charge on any atom is -0.359 e. The average Bonchev–Trinajstić information content (AvgIpc) is 2.64. The standard InChI is InChI=1S/C9H14N2OS/c1-10-9(12)2-4-11-6-8-3-5-13-7-8/h3,5,7,11H,2,4,6H2,1H3,(H,10,12). The maximum atomic E-state index is 10.8. The fraction of sp³-hybridized carbons (Fsp3) is 0.444. The van der Waals surface area contributed by atoms with E-state index in [4.69, 9.17) is 0 Å². The van der Waals surface area contributed by atoms with Crippen LogP contribution in [0.1, 0.15) is 12.0 Å². The van der Waals surface area contributed by atoms with Crippen molar-refractivity contribution in [2.75, 3.05) is 13.6 Å². The summed E-state index contributed by atoms with van der Waals surface area (Å²) in [4.78, 5) is 10.8. The van der Waals surface area contributed by atoms with Crippen molar-refractivity contribution in [1.29, 1.82) is 0 Å². The van der Waals surface area contributed by atoms with Gasteiger partial charge in [-0.1, -0.05) is 0 Å². The van der Waals surface area contributed by atoms with Gasteiger partial charge in [-0.25, -0.2) is 0 Å². The lowest BCUT2D eigenvalue weighted by atomic mass is 10.3. The van der Waals surface area contributed by atoms with E-state index in [0.29, 0.717) is 6.42 Å². The van der Waals surface area contributed by atoms with Gasteiger partial charge in [-0.05, 0) is 22.4 Å². The van der Waals surface area contributed by atoms with E-state index in [0.717, 1.165) is 13.1 Å². The highest BCUT2D eigenvalue weighted by Crippen LogP contribution is 2.04. The zero-order valence-electron chi connectivity index (χ0n) is 7.67. The van der Waals surface area contributed by atoms with E-state index in [1.165, 1.54) is 5.56 Å². The van der Waals surface area contributed by atoms with Crippen LogP contribution in [0.5, 0.6) is 0 Å². The Morgan fingerprint density at radius 1 is 1.62 bits per heavy atom. The van der Waals surface area contributed by atoms with Crippen LogP contribution in [-0.4, -0.2) is 19.5 Å². The molecule has 0 aliphatic carbocycles.